The van der Waals surface area contributed by atoms with Gasteiger partial charge in [0.25, 0.3) is 5.91 Å². The lowest BCUT2D eigenvalue weighted by Gasteiger charge is -2.32. The van der Waals surface area contributed by atoms with Crippen molar-refractivity contribution in [3.05, 3.63) is 41.6 Å². The molecule has 1 aliphatic carbocycles. The predicted octanol–water partition coefficient (Wildman–Crippen LogP) is 2.18. The van der Waals surface area contributed by atoms with Gasteiger partial charge in [-0.25, -0.2) is 0 Å². The lowest BCUT2D eigenvalue weighted by Crippen LogP contribution is -2.40. The van der Waals surface area contributed by atoms with Crippen LogP contribution in [-0.2, 0) is 18.3 Å². The van der Waals surface area contributed by atoms with Gasteiger partial charge < -0.3 is 14.1 Å². The van der Waals surface area contributed by atoms with Crippen LogP contribution in [0.1, 0.15) is 40.6 Å². The van der Waals surface area contributed by atoms with E-state index in [-0.39, 0.29) is 11.8 Å². The number of rotatable bonds is 5. The molecule has 1 unspecified atom stereocenters. The van der Waals surface area contributed by atoms with Gasteiger partial charge in [0, 0.05) is 31.7 Å². The monoisotopic (exact) mass is 315 g/mol. The third-order valence-electron chi connectivity index (χ3n) is 4.70. The topological polar surface area (TPSA) is 60.5 Å². The van der Waals surface area contributed by atoms with Gasteiger partial charge in [-0.05, 0) is 30.9 Å². The smallest absolute Gasteiger partial charge is 0.289 e. The minimum absolute atomic E-state index is 0.0750. The first kappa shape index (κ1) is 14.5. The Kier molecular flexibility index (Phi) is 3.69. The van der Waals surface area contributed by atoms with Crippen LogP contribution in [0.3, 0.4) is 0 Å². The fourth-order valence-corrected chi connectivity index (χ4v) is 3.14. The molecule has 2 aromatic heterocycles. The average Bonchev–Trinajstić information content (AvgIpc) is 3.07. The quantitative estimate of drug-likeness (QED) is 0.848. The Morgan fingerprint density at radius 1 is 1.43 bits per heavy atom. The fourth-order valence-electron chi connectivity index (χ4n) is 3.14. The van der Waals surface area contributed by atoms with Gasteiger partial charge in [-0.3, -0.25) is 9.48 Å². The zero-order valence-electron chi connectivity index (χ0n) is 13.3. The lowest BCUT2D eigenvalue weighted by atomic mass is 9.95. The second kappa shape index (κ2) is 5.85. The first-order valence-electron chi connectivity index (χ1n) is 8.13. The van der Waals surface area contributed by atoms with Crippen molar-refractivity contribution in [3.63, 3.8) is 0 Å². The Balaban J connectivity index is 1.51. The van der Waals surface area contributed by atoms with Gasteiger partial charge in [-0.2, -0.15) is 5.10 Å². The average molecular weight is 315 g/mol. The van der Waals surface area contributed by atoms with Crippen LogP contribution >= 0.6 is 0 Å². The Bertz CT molecular complexity index is 688. The highest BCUT2D eigenvalue weighted by molar-refractivity contribution is 5.91. The van der Waals surface area contributed by atoms with Crippen molar-refractivity contribution in [2.24, 2.45) is 13.0 Å². The Morgan fingerprint density at radius 3 is 3.04 bits per heavy atom. The first-order chi connectivity index (χ1) is 11.2. The van der Waals surface area contributed by atoms with Crippen LogP contribution in [0.2, 0.25) is 0 Å². The van der Waals surface area contributed by atoms with E-state index >= 15 is 0 Å². The molecule has 3 heterocycles. The van der Waals surface area contributed by atoms with Crippen LogP contribution in [0.15, 0.2) is 29.0 Å². The number of hydrogen-bond donors (Lipinski definition) is 0. The molecule has 2 aliphatic rings. The van der Waals surface area contributed by atoms with E-state index in [1.165, 1.54) is 24.7 Å². The second-order valence-electron chi connectivity index (χ2n) is 6.51. The molecule has 23 heavy (non-hydrogen) atoms. The highest BCUT2D eigenvalue weighted by Gasteiger charge is 2.32. The molecule has 0 aromatic carbocycles. The molecule has 1 fully saturated rings. The number of aromatic nitrogens is 2. The van der Waals surface area contributed by atoms with Gasteiger partial charge >= 0.3 is 0 Å². The standard InChI is InChI=1S/C17H21N3O3/c1-19-15-9-20(17(21)16-3-2-6-23-16)8-13(14(15)7-18-19)11-22-10-12-4-5-12/h2-3,6-7,12-13H,4-5,8-11H2,1H3. The molecule has 0 saturated heterocycles. The van der Waals surface area contributed by atoms with Gasteiger partial charge in [0.15, 0.2) is 5.76 Å². The summed E-state index contributed by atoms with van der Waals surface area (Å²) >= 11 is 0. The largest absolute Gasteiger partial charge is 0.459 e. The molecule has 122 valence electrons. The van der Waals surface area contributed by atoms with Crippen molar-refractivity contribution in [2.75, 3.05) is 19.8 Å². The molecule has 0 bridgehead atoms. The summed E-state index contributed by atoms with van der Waals surface area (Å²) in [6.07, 6.45) is 6.01. The minimum Gasteiger partial charge on any atom is -0.459 e. The summed E-state index contributed by atoms with van der Waals surface area (Å²) in [5, 5.41) is 4.36. The van der Waals surface area contributed by atoms with E-state index in [4.69, 9.17) is 9.15 Å². The molecular weight excluding hydrogens is 294 g/mol. The van der Waals surface area contributed by atoms with E-state index in [0.29, 0.717) is 25.5 Å². The summed E-state index contributed by atoms with van der Waals surface area (Å²) in [5.41, 5.74) is 2.28. The lowest BCUT2D eigenvalue weighted by molar-refractivity contribution is 0.0596. The van der Waals surface area contributed by atoms with Gasteiger partial charge in [-0.15, -0.1) is 0 Å². The van der Waals surface area contributed by atoms with E-state index in [1.807, 2.05) is 22.8 Å². The predicted molar refractivity (Wildman–Crippen MR) is 82.9 cm³/mol. The highest BCUT2D eigenvalue weighted by atomic mass is 16.5. The minimum atomic E-state index is -0.0750. The van der Waals surface area contributed by atoms with E-state index < -0.39 is 0 Å². The molecule has 1 saturated carbocycles. The second-order valence-corrected chi connectivity index (χ2v) is 6.51. The van der Waals surface area contributed by atoms with Crippen LogP contribution in [-0.4, -0.2) is 40.3 Å². The van der Waals surface area contributed by atoms with E-state index in [2.05, 4.69) is 5.10 Å². The first-order valence-corrected chi connectivity index (χ1v) is 8.13. The maximum absolute atomic E-state index is 12.6. The molecule has 0 radical (unpaired) electrons. The molecule has 0 spiro atoms. The highest BCUT2D eigenvalue weighted by Crippen LogP contribution is 2.32. The van der Waals surface area contributed by atoms with Gasteiger partial charge in [0.05, 0.1) is 31.3 Å². The van der Waals surface area contributed by atoms with Gasteiger partial charge in [0.1, 0.15) is 0 Å². The van der Waals surface area contributed by atoms with Crippen molar-refractivity contribution < 1.29 is 13.9 Å². The van der Waals surface area contributed by atoms with Crippen LogP contribution in [0.5, 0.6) is 0 Å². The fraction of sp³-hybridized carbons (Fsp3) is 0.529. The van der Waals surface area contributed by atoms with Crippen molar-refractivity contribution in [2.45, 2.75) is 25.3 Å². The van der Waals surface area contributed by atoms with Crippen molar-refractivity contribution in [1.29, 1.82) is 0 Å². The molecule has 1 aliphatic heterocycles. The summed E-state index contributed by atoms with van der Waals surface area (Å²) in [6.45, 7) is 2.67. The van der Waals surface area contributed by atoms with Crippen LogP contribution in [0.4, 0.5) is 0 Å². The molecule has 2 aromatic rings. The summed E-state index contributed by atoms with van der Waals surface area (Å²) in [7, 11) is 1.92. The Morgan fingerprint density at radius 2 is 2.30 bits per heavy atom. The van der Waals surface area contributed by atoms with Crippen molar-refractivity contribution >= 4 is 5.91 Å². The Labute approximate surface area is 135 Å². The number of carbonyl (C=O) groups excluding carboxylic acids is 1. The summed E-state index contributed by atoms with van der Waals surface area (Å²) < 4.78 is 13.0. The molecule has 6 nitrogen and oxygen atoms in total. The number of ether oxygens (including phenoxy) is 1. The number of amides is 1. The number of carbonyl (C=O) groups is 1. The summed E-state index contributed by atoms with van der Waals surface area (Å²) in [4.78, 5) is 14.4. The van der Waals surface area contributed by atoms with Crippen LogP contribution in [0.25, 0.3) is 0 Å². The normalized spacial score (nSPS) is 20.6. The van der Waals surface area contributed by atoms with Crippen molar-refractivity contribution in [3.8, 4) is 0 Å². The maximum atomic E-state index is 12.6. The number of nitrogens with zero attached hydrogens (tertiary/aromatic N) is 3. The number of furan rings is 1. The van der Waals surface area contributed by atoms with Gasteiger partial charge in [0.2, 0.25) is 0 Å². The van der Waals surface area contributed by atoms with Crippen LogP contribution < -0.4 is 0 Å². The van der Waals surface area contributed by atoms with Crippen molar-refractivity contribution in [1.82, 2.24) is 14.7 Å². The molecule has 4 rings (SSSR count). The van der Waals surface area contributed by atoms with E-state index in [1.54, 1.807) is 12.1 Å². The molecule has 1 amide bonds. The third-order valence-corrected chi connectivity index (χ3v) is 4.70. The van der Waals surface area contributed by atoms with E-state index in [9.17, 15) is 4.79 Å². The van der Waals surface area contributed by atoms with Gasteiger partial charge in [-0.1, -0.05) is 0 Å². The number of aryl methyl sites for hydroxylation is 1. The molecule has 1 atom stereocenters. The SMILES string of the molecule is Cn1ncc2c1CN(C(=O)c1ccco1)CC2COCC1CC1. The Hall–Kier alpha value is -2.08. The number of fused-ring (bicyclic) bond motifs is 1. The zero-order chi connectivity index (χ0) is 15.8. The number of hydrogen-bond acceptors (Lipinski definition) is 4. The molecule has 0 N–H and O–H groups in total. The van der Waals surface area contributed by atoms with E-state index in [0.717, 1.165) is 18.2 Å². The zero-order valence-corrected chi connectivity index (χ0v) is 13.3. The summed E-state index contributed by atoms with van der Waals surface area (Å²) in [5.74, 6) is 1.22. The van der Waals surface area contributed by atoms with Crippen LogP contribution in [0, 0.1) is 5.92 Å². The maximum Gasteiger partial charge on any atom is 0.289 e. The summed E-state index contributed by atoms with van der Waals surface area (Å²) in [6, 6.07) is 3.45. The molecular formula is C17H21N3O3. The molecule has 6 heteroatoms. The third kappa shape index (κ3) is 2.91.